The number of ether oxygens (including phenoxy) is 1. The van der Waals surface area contributed by atoms with Crippen LogP contribution in [-0.4, -0.2) is 29.8 Å². The molecular formula is C15H18N4O2. The van der Waals surface area contributed by atoms with E-state index >= 15 is 0 Å². The number of carbonyl (C=O) groups is 1. The molecule has 2 aromatic rings. The van der Waals surface area contributed by atoms with Gasteiger partial charge in [-0.2, -0.15) is 0 Å². The van der Waals surface area contributed by atoms with Gasteiger partial charge in [0.2, 0.25) is 0 Å². The summed E-state index contributed by atoms with van der Waals surface area (Å²) in [6.45, 7) is 3.14. The maximum atomic E-state index is 12.0. The van der Waals surface area contributed by atoms with E-state index in [1.165, 1.54) is 0 Å². The average molecular weight is 286 g/mol. The summed E-state index contributed by atoms with van der Waals surface area (Å²) in [4.78, 5) is 12.0. The Labute approximate surface area is 123 Å². The molecule has 1 amide bonds. The number of anilines is 1. The summed E-state index contributed by atoms with van der Waals surface area (Å²) in [5.41, 5.74) is 1.25. The van der Waals surface area contributed by atoms with E-state index in [9.17, 15) is 4.79 Å². The van der Waals surface area contributed by atoms with Gasteiger partial charge >= 0.3 is 0 Å². The number of methoxy groups -OCH3 is 1. The topological polar surface area (TPSA) is 76.1 Å². The number of carbonyl (C=O) groups excluding carboxylic acids is 1. The second-order valence-corrected chi connectivity index (χ2v) is 4.37. The normalized spacial score (nSPS) is 10.0. The van der Waals surface area contributed by atoms with Gasteiger partial charge in [-0.15, -0.1) is 10.2 Å². The zero-order valence-electron chi connectivity index (χ0n) is 12.1. The van der Waals surface area contributed by atoms with Gasteiger partial charge in [-0.1, -0.05) is 12.1 Å². The Morgan fingerprint density at radius 3 is 2.76 bits per heavy atom. The minimum absolute atomic E-state index is 0.256. The summed E-state index contributed by atoms with van der Waals surface area (Å²) in [6, 6.07) is 10.9. The molecule has 2 rings (SSSR count). The van der Waals surface area contributed by atoms with Crippen molar-refractivity contribution < 1.29 is 9.53 Å². The summed E-state index contributed by atoms with van der Waals surface area (Å²) in [5.74, 6) is 1.16. The van der Waals surface area contributed by atoms with Gasteiger partial charge in [-0.25, -0.2) is 0 Å². The molecule has 0 saturated carbocycles. The number of hydrogen-bond donors (Lipinski definition) is 2. The molecule has 0 aliphatic rings. The first-order chi connectivity index (χ1) is 10.2. The van der Waals surface area contributed by atoms with Crippen molar-refractivity contribution in [3.63, 3.8) is 0 Å². The van der Waals surface area contributed by atoms with Crippen LogP contribution in [-0.2, 0) is 6.54 Å². The second-order valence-electron chi connectivity index (χ2n) is 4.37. The monoisotopic (exact) mass is 286 g/mol. The molecule has 0 saturated heterocycles. The van der Waals surface area contributed by atoms with Crippen LogP contribution in [0.2, 0.25) is 0 Å². The number of rotatable bonds is 6. The third-order valence-corrected chi connectivity index (χ3v) is 2.84. The van der Waals surface area contributed by atoms with E-state index in [1.54, 1.807) is 19.2 Å². The molecule has 0 spiro atoms. The summed E-state index contributed by atoms with van der Waals surface area (Å²) < 4.78 is 5.14. The highest BCUT2D eigenvalue weighted by molar-refractivity contribution is 5.92. The Morgan fingerprint density at radius 1 is 1.24 bits per heavy atom. The molecule has 0 unspecified atom stereocenters. The highest BCUT2D eigenvalue weighted by Crippen LogP contribution is 2.12. The molecule has 0 aliphatic heterocycles. The minimum Gasteiger partial charge on any atom is -0.497 e. The van der Waals surface area contributed by atoms with Gasteiger partial charge in [-0.05, 0) is 36.8 Å². The van der Waals surface area contributed by atoms with Crippen molar-refractivity contribution in [1.82, 2.24) is 15.5 Å². The van der Waals surface area contributed by atoms with Crippen molar-refractivity contribution in [2.24, 2.45) is 0 Å². The number of hydrogen-bond acceptors (Lipinski definition) is 5. The predicted octanol–water partition coefficient (Wildman–Crippen LogP) is 1.85. The van der Waals surface area contributed by atoms with Gasteiger partial charge in [0.1, 0.15) is 11.6 Å². The minimum atomic E-state index is -0.256. The average Bonchev–Trinajstić information content (AvgIpc) is 2.54. The van der Waals surface area contributed by atoms with Crippen LogP contribution in [0.15, 0.2) is 36.4 Å². The first-order valence-corrected chi connectivity index (χ1v) is 6.71. The lowest BCUT2D eigenvalue weighted by atomic mass is 10.2. The standard InChI is InChI=1S/C15H18N4O2/c1-3-16-14-8-7-13(18-19-14)15(20)17-10-11-5-4-6-12(9-11)21-2/h4-9H,3,10H2,1-2H3,(H,16,19)(H,17,20). The summed E-state index contributed by atoms with van der Waals surface area (Å²) in [7, 11) is 1.61. The molecule has 2 N–H and O–H groups in total. The molecule has 1 heterocycles. The Hall–Kier alpha value is -2.63. The maximum absolute atomic E-state index is 12.0. The van der Waals surface area contributed by atoms with Crippen LogP contribution in [0.25, 0.3) is 0 Å². The Morgan fingerprint density at radius 2 is 2.10 bits per heavy atom. The van der Waals surface area contributed by atoms with Crippen molar-refractivity contribution in [2.45, 2.75) is 13.5 Å². The number of aromatic nitrogens is 2. The number of nitrogens with one attached hydrogen (secondary N) is 2. The molecule has 0 fully saturated rings. The van der Waals surface area contributed by atoms with Gasteiger partial charge in [-0.3, -0.25) is 4.79 Å². The van der Waals surface area contributed by atoms with Crippen molar-refractivity contribution in [1.29, 1.82) is 0 Å². The molecule has 0 aliphatic carbocycles. The molecule has 1 aromatic carbocycles. The van der Waals surface area contributed by atoms with E-state index in [0.29, 0.717) is 18.1 Å². The zero-order valence-corrected chi connectivity index (χ0v) is 12.1. The summed E-state index contributed by atoms with van der Waals surface area (Å²) >= 11 is 0. The quantitative estimate of drug-likeness (QED) is 0.847. The number of nitrogens with zero attached hydrogens (tertiary/aromatic N) is 2. The zero-order chi connectivity index (χ0) is 15.1. The fraction of sp³-hybridized carbons (Fsp3) is 0.267. The largest absolute Gasteiger partial charge is 0.497 e. The van der Waals surface area contributed by atoms with E-state index in [1.807, 2.05) is 31.2 Å². The van der Waals surface area contributed by atoms with E-state index in [2.05, 4.69) is 20.8 Å². The van der Waals surface area contributed by atoms with Crippen molar-refractivity contribution in [3.05, 3.63) is 47.7 Å². The lowest BCUT2D eigenvalue weighted by Gasteiger charge is -2.07. The fourth-order valence-corrected chi connectivity index (χ4v) is 1.78. The predicted molar refractivity (Wildman–Crippen MR) is 80.4 cm³/mol. The number of benzene rings is 1. The van der Waals surface area contributed by atoms with E-state index in [-0.39, 0.29) is 5.91 Å². The third kappa shape index (κ3) is 4.17. The smallest absolute Gasteiger partial charge is 0.272 e. The van der Waals surface area contributed by atoms with Crippen LogP contribution in [0.5, 0.6) is 5.75 Å². The van der Waals surface area contributed by atoms with Crippen molar-refractivity contribution in [2.75, 3.05) is 19.0 Å². The highest BCUT2D eigenvalue weighted by atomic mass is 16.5. The summed E-state index contributed by atoms with van der Waals surface area (Å²) in [6.07, 6.45) is 0. The third-order valence-electron chi connectivity index (χ3n) is 2.84. The van der Waals surface area contributed by atoms with E-state index in [4.69, 9.17) is 4.74 Å². The molecule has 6 nitrogen and oxygen atoms in total. The first kappa shape index (κ1) is 14.8. The molecule has 110 valence electrons. The van der Waals surface area contributed by atoms with Crippen molar-refractivity contribution in [3.8, 4) is 5.75 Å². The first-order valence-electron chi connectivity index (χ1n) is 6.71. The molecule has 0 atom stereocenters. The van der Waals surface area contributed by atoms with E-state index < -0.39 is 0 Å². The van der Waals surface area contributed by atoms with E-state index in [0.717, 1.165) is 17.9 Å². The Bertz CT molecular complexity index is 599. The highest BCUT2D eigenvalue weighted by Gasteiger charge is 2.08. The molecule has 0 bridgehead atoms. The van der Waals surface area contributed by atoms with Crippen LogP contribution in [0.1, 0.15) is 23.0 Å². The van der Waals surface area contributed by atoms with Crippen LogP contribution >= 0.6 is 0 Å². The van der Waals surface area contributed by atoms with Gasteiger partial charge in [0, 0.05) is 13.1 Å². The van der Waals surface area contributed by atoms with Crippen LogP contribution in [0, 0.1) is 0 Å². The van der Waals surface area contributed by atoms with Crippen LogP contribution < -0.4 is 15.4 Å². The lowest BCUT2D eigenvalue weighted by Crippen LogP contribution is -2.24. The fourth-order valence-electron chi connectivity index (χ4n) is 1.78. The van der Waals surface area contributed by atoms with Gasteiger partial charge < -0.3 is 15.4 Å². The molecule has 6 heteroatoms. The number of amides is 1. The molecular weight excluding hydrogens is 268 g/mol. The SMILES string of the molecule is CCNc1ccc(C(=O)NCc2cccc(OC)c2)nn1. The molecule has 21 heavy (non-hydrogen) atoms. The van der Waals surface area contributed by atoms with Crippen molar-refractivity contribution >= 4 is 11.7 Å². The Kier molecular flexibility index (Phi) is 5.09. The van der Waals surface area contributed by atoms with Gasteiger partial charge in [0.25, 0.3) is 5.91 Å². The Balaban J connectivity index is 1.94. The second kappa shape index (κ2) is 7.23. The molecule has 1 aromatic heterocycles. The van der Waals surface area contributed by atoms with Gasteiger partial charge in [0.05, 0.1) is 7.11 Å². The lowest BCUT2D eigenvalue weighted by molar-refractivity contribution is 0.0945. The van der Waals surface area contributed by atoms with Crippen LogP contribution in [0.4, 0.5) is 5.82 Å². The molecule has 0 radical (unpaired) electrons. The van der Waals surface area contributed by atoms with Gasteiger partial charge in [0.15, 0.2) is 5.69 Å². The van der Waals surface area contributed by atoms with Crippen LogP contribution in [0.3, 0.4) is 0 Å². The maximum Gasteiger partial charge on any atom is 0.272 e. The summed E-state index contributed by atoms with van der Waals surface area (Å²) in [5, 5.41) is 13.6.